The Labute approximate surface area is 198 Å². The fourth-order valence-electron chi connectivity index (χ4n) is 5.90. The average molecular weight is 481 g/mol. The maximum Gasteiger partial charge on any atom is 0.352 e. The van der Waals surface area contributed by atoms with Gasteiger partial charge in [-0.3, -0.25) is 4.79 Å². The summed E-state index contributed by atoms with van der Waals surface area (Å²) >= 11 is 1.98. The molecule has 6 atom stereocenters. The Morgan fingerprint density at radius 2 is 2.03 bits per heavy atom. The van der Waals surface area contributed by atoms with Crippen molar-refractivity contribution in [2.45, 2.75) is 88.9 Å². The summed E-state index contributed by atoms with van der Waals surface area (Å²) in [5.41, 5.74) is 1.36. The smallest absolute Gasteiger partial charge is 0.352 e. The molecule has 3 fully saturated rings. The number of fused-ring (bicyclic) bond motifs is 3. The van der Waals surface area contributed by atoms with Crippen molar-refractivity contribution in [1.82, 2.24) is 10.2 Å². The number of β-lactam (4-membered cyclic amide) rings is 1. The fourth-order valence-corrected chi connectivity index (χ4v) is 8.70. The molecule has 8 heteroatoms. The number of nitrogens with one attached hydrogen (secondary N) is 1. The molecular formula is C24H40N2O4SSi. The zero-order valence-electron chi connectivity index (χ0n) is 20.4. The third kappa shape index (κ3) is 4.10. The predicted octanol–water partition coefficient (Wildman–Crippen LogP) is 4.09. The minimum absolute atomic E-state index is 0.0377. The molecule has 0 aromatic rings. The largest absolute Gasteiger partial charge is 0.477 e. The molecule has 32 heavy (non-hydrogen) atoms. The molecule has 4 rings (SSSR count). The Balaban J connectivity index is 1.55. The van der Waals surface area contributed by atoms with Crippen molar-refractivity contribution in [3.05, 3.63) is 11.3 Å². The molecule has 180 valence electrons. The molecule has 1 aliphatic carbocycles. The van der Waals surface area contributed by atoms with Crippen LogP contribution in [0, 0.1) is 17.8 Å². The number of carbonyl (C=O) groups excluding carboxylic acids is 1. The van der Waals surface area contributed by atoms with Gasteiger partial charge in [-0.05, 0) is 62.4 Å². The lowest BCUT2D eigenvalue weighted by Crippen LogP contribution is -2.65. The Morgan fingerprint density at radius 3 is 2.62 bits per heavy atom. The molecular weight excluding hydrogens is 440 g/mol. The minimum atomic E-state index is -2.02. The predicted molar refractivity (Wildman–Crippen MR) is 131 cm³/mol. The van der Waals surface area contributed by atoms with Gasteiger partial charge in [0.05, 0.1) is 18.1 Å². The molecule has 3 heterocycles. The second kappa shape index (κ2) is 8.75. The highest BCUT2D eigenvalue weighted by molar-refractivity contribution is 7.99. The monoisotopic (exact) mass is 480 g/mol. The van der Waals surface area contributed by atoms with Gasteiger partial charge < -0.3 is 19.7 Å². The first-order valence-corrected chi connectivity index (χ1v) is 16.2. The van der Waals surface area contributed by atoms with E-state index in [0.717, 1.165) is 43.7 Å². The lowest BCUT2D eigenvalue weighted by atomic mass is 9.70. The van der Waals surface area contributed by atoms with E-state index in [4.69, 9.17) is 4.43 Å². The van der Waals surface area contributed by atoms with Gasteiger partial charge in [-0.1, -0.05) is 27.2 Å². The van der Waals surface area contributed by atoms with Crippen LogP contribution in [0.25, 0.3) is 0 Å². The summed E-state index contributed by atoms with van der Waals surface area (Å²) in [7, 11) is -2.02. The number of carbonyl (C=O) groups is 2. The first-order chi connectivity index (χ1) is 14.9. The van der Waals surface area contributed by atoms with Crippen LogP contribution >= 0.6 is 11.8 Å². The summed E-state index contributed by atoms with van der Waals surface area (Å²) in [5, 5.41) is 14.2. The Kier molecular flexibility index (Phi) is 6.64. The topological polar surface area (TPSA) is 78.9 Å². The second-order valence-electron chi connectivity index (χ2n) is 11.6. The van der Waals surface area contributed by atoms with Gasteiger partial charge in [0.1, 0.15) is 5.70 Å². The molecule has 2 N–H and O–H groups in total. The van der Waals surface area contributed by atoms with Crippen molar-refractivity contribution in [2.75, 3.05) is 18.8 Å². The van der Waals surface area contributed by atoms with Crippen molar-refractivity contribution in [3.63, 3.8) is 0 Å². The van der Waals surface area contributed by atoms with Crippen LogP contribution in [-0.4, -0.2) is 66.4 Å². The van der Waals surface area contributed by atoms with Crippen molar-refractivity contribution < 1.29 is 19.1 Å². The lowest BCUT2D eigenvalue weighted by Gasteiger charge is -2.50. The normalized spacial score (nSPS) is 33.8. The summed E-state index contributed by atoms with van der Waals surface area (Å²) < 4.78 is 6.62. The molecule has 1 amide bonds. The van der Waals surface area contributed by atoms with Crippen LogP contribution in [0.1, 0.15) is 53.4 Å². The summed E-state index contributed by atoms with van der Waals surface area (Å²) in [6.07, 6.45) is 4.13. The number of carboxylic acid groups (broad SMARTS) is 1. The van der Waals surface area contributed by atoms with Crippen LogP contribution in [0.5, 0.6) is 0 Å². The minimum Gasteiger partial charge on any atom is -0.477 e. The first-order valence-electron chi connectivity index (χ1n) is 12.2. The number of amides is 1. The van der Waals surface area contributed by atoms with E-state index in [0.29, 0.717) is 10.9 Å². The molecule has 0 aromatic carbocycles. The van der Waals surface area contributed by atoms with E-state index >= 15 is 0 Å². The fraction of sp³-hybridized carbons (Fsp3) is 0.833. The van der Waals surface area contributed by atoms with Gasteiger partial charge in [-0.15, -0.1) is 0 Å². The number of hydrogen-bond donors (Lipinski definition) is 2. The summed E-state index contributed by atoms with van der Waals surface area (Å²) in [6.45, 7) is 15.2. The highest BCUT2D eigenvalue weighted by atomic mass is 32.2. The molecule has 0 bridgehead atoms. The number of carboxylic acids is 1. The molecule has 0 radical (unpaired) electrons. The van der Waals surface area contributed by atoms with E-state index in [1.165, 1.54) is 6.42 Å². The lowest BCUT2D eigenvalue weighted by molar-refractivity contribution is -0.163. The number of thioether (sulfide) groups is 1. The van der Waals surface area contributed by atoms with Crippen LogP contribution in [0.3, 0.4) is 0 Å². The third-order valence-electron chi connectivity index (χ3n) is 8.57. The van der Waals surface area contributed by atoms with Crippen molar-refractivity contribution in [3.8, 4) is 0 Å². The molecule has 4 aliphatic rings. The highest BCUT2D eigenvalue weighted by Gasteiger charge is 2.63. The van der Waals surface area contributed by atoms with Crippen LogP contribution in [0.4, 0.5) is 0 Å². The molecule has 1 saturated carbocycles. The van der Waals surface area contributed by atoms with E-state index in [1.54, 1.807) is 4.90 Å². The SMILES string of the molecule is C[C@@H](O[Si](C)(C)C(C)(C)C)[C@H]1C(=O)N2C(C(=O)O)=C3[C@@H](CS[C@H]4CCNC4)CCC[C@@H]3[C@H]12. The van der Waals surface area contributed by atoms with Gasteiger partial charge >= 0.3 is 5.97 Å². The molecule has 3 aliphatic heterocycles. The highest BCUT2D eigenvalue weighted by Crippen LogP contribution is 2.55. The van der Waals surface area contributed by atoms with Crippen molar-refractivity contribution in [2.24, 2.45) is 17.8 Å². The zero-order chi connectivity index (χ0) is 23.4. The van der Waals surface area contributed by atoms with Gasteiger partial charge in [-0.2, -0.15) is 11.8 Å². The second-order valence-corrected chi connectivity index (χ2v) is 17.7. The van der Waals surface area contributed by atoms with Gasteiger partial charge in [0.25, 0.3) is 0 Å². The van der Waals surface area contributed by atoms with Crippen LogP contribution in [0.2, 0.25) is 18.1 Å². The van der Waals surface area contributed by atoms with Crippen molar-refractivity contribution in [1.29, 1.82) is 0 Å². The molecule has 6 nitrogen and oxygen atoms in total. The van der Waals surface area contributed by atoms with E-state index in [-0.39, 0.29) is 40.8 Å². The van der Waals surface area contributed by atoms with Gasteiger partial charge in [-0.25, -0.2) is 4.79 Å². The number of nitrogens with zero attached hydrogens (tertiary/aromatic N) is 1. The zero-order valence-corrected chi connectivity index (χ0v) is 22.3. The van der Waals surface area contributed by atoms with E-state index in [1.807, 2.05) is 18.7 Å². The maximum atomic E-state index is 13.3. The average Bonchev–Trinajstić information content (AvgIpc) is 3.29. The van der Waals surface area contributed by atoms with Gasteiger partial charge in [0.15, 0.2) is 8.32 Å². The Hall–Kier alpha value is -0.833. The van der Waals surface area contributed by atoms with Crippen LogP contribution in [-0.2, 0) is 14.0 Å². The summed E-state index contributed by atoms with van der Waals surface area (Å²) in [5.74, 6) is 0.191. The summed E-state index contributed by atoms with van der Waals surface area (Å²) in [4.78, 5) is 27.3. The molecule has 0 aromatic heterocycles. The van der Waals surface area contributed by atoms with Crippen LogP contribution in [0.15, 0.2) is 11.3 Å². The Morgan fingerprint density at radius 1 is 1.31 bits per heavy atom. The molecule has 2 saturated heterocycles. The van der Waals surface area contributed by atoms with Gasteiger partial charge in [0.2, 0.25) is 5.91 Å². The van der Waals surface area contributed by atoms with E-state index < -0.39 is 14.3 Å². The van der Waals surface area contributed by atoms with Gasteiger partial charge in [0, 0.05) is 23.5 Å². The van der Waals surface area contributed by atoms with E-state index in [2.05, 4.69) is 39.2 Å². The van der Waals surface area contributed by atoms with Crippen LogP contribution < -0.4 is 5.32 Å². The molecule has 0 unspecified atom stereocenters. The third-order valence-corrected chi connectivity index (χ3v) is 14.6. The summed E-state index contributed by atoms with van der Waals surface area (Å²) in [6, 6.07) is -0.0377. The Bertz CT molecular complexity index is 802. The number of aliphatic carboxylic acids is 1. The van der Waals surface area contributed by atoms with Crippen molar-refractivity contribution >= 4 is 32.0 Å². The first kappa shape index (κ1) is 24.3. The molecule has 0 spiro atoms. The maximum absolute atomic E-state index is 13.3. The van der Waals surface area contributed by atoms with E-state index in [9.17, 15) is 14.7 Å². The number of rotatable bonds is 7. The quantitative estimate of drug-likeness (QED) is 0.422. The standard InChI is InChI=1S/C24H40N2O4SSi/c1-14(30-32(5,6)24(2,3)4)18-20-17-9-7-8-15(13-31-16-10-11-25-12-16)19(17)21(23(28)29)26(20)22(18)27/h14-18,20,25H,7-13H2,1-6H3,(H,28,29)/t14-,15-,16+,17+,18-,20-/m1/s1. The number of hydrogen-bond acceptors (Lipinski definition) is 5.